The van der Waals surface area contributed by atoms with Gasteiger partial charge in [-0.1, -0.05) is 12.1 Å². The molecule has 1 saturated heterocycles. The number of carbonyl (C=O) groups is 1. The number of aromatic amines is 1. The van der Waals surface area contributed by atoms with Crippen LogP contribution in [0.25, 0.3) is 0 Å². The Balaban J connectivity index is 1.35. The van der Waals surface area contributed by atoms with Crippen LogP contribution in [-0.2, 0) is 17.9 Å². The number of rotatable bonds is 8. The van der Waals surface area contributed by atoms with Crippen LogP contribution in [0.15, 0.2) is 30.5 Å². The number of likely N-dealkylation sites (N-methyl/N-ethyl adjacent to an activating group) is 2. The van der Waals surface area contributed by atoms with Crippen LogP contribution in [0.4, 0.5) is 4.39 Å². The Hall–Kier alpha value is -2.25. The molecule has 2 heterocycles. The van der Waals surface area contributed by atoms with Gasteiger partial charge in [-0.15, -0.1) is 0 Å². The van der Waals surface area contributed by atoms with Gasteiger partial charge < -0.3 is 15.1 Å². The van der Waals surface area contributed by atoms with E-state index in [1.54, 1.807) is 12.1 Å². The zero-order valence-electron chi connectivity index (χ0n) is 18.7. The number of H-pyrrole nitrogens is 1. The summed E-state index contributed by atoms with van der Waals surface area (Å²) in [5.41, 5.74) is 3.23. The molecule has 1 aliphatic heterocycles. The number of amides is 1. The first-order valence-corrected chi connectivity index (χ1v) is 11.4. The fraction of sp³-hybridized carbons (Fsp3) is 0.583. The molecule has 2 fully saturated rings. The lowest BCUT2D eigenvalue weighted by Gasteiger charge is -2.35. The van der Waals surface area contributed by atoms with Crippen LogP contribution in [0.2, 0.25) is 0 Å². The Morgan fingerprint density at radius 3 is 2.71 bits per heavy atom. The molecule has 1 aromatic heterocycles. The second-order valence-electron chi connectivity index (χ2n) is 9.29. The molecule has 0 atom stereocenters. The zero-order chi connectivity index (χ0) is 21.8. The number of aromatic nitrogens is 2. The molecular weight excluding hydrogens is 393 g/mol. The molecule has 0 bridgehead atoms. The topological polar surface area (TPSA) is 64.3 Å². The molecular formula is C24H34FN5O. The molecule has 1 amide bonds. The van der Waals surface area contributed by atoms with E-state index >= 15 is 0 Å². The molecule has 0 unspecified atom stereocenters. The van der Waals surface area contributed by atoms with Gasteiger partial charge in [0.05, 0.1) is 11.1 Å². The molecule has 2 N–H and O–H groups in total. The summed E-state index contributed by atoms with van der Waals surface area (Å²) in [6, 6.07) is 6.48. The summed E-state index contributed by atoms with van der Waals surface area (Å²) in [5.74, 6) is 0.463. The molecule has 2 aromatic rings. The minimum Gasteiger partial charge on any atom is -0.338 e. The van der Waals surface area contributed by atoms with Gasteiger partial charge in [0.2, 0.25) is 5.91 Å². The van der Waals surface area contributed by atoms with Crippen molar-refractivity contribution in [3.8, 4) is 0 Å². The minimum absolute atomic E-state index is 0.212. The number of benzene rings is 1. The summed E-state index contributed by atoms with van der Waals surface area (Å²) in [6.45, 7) is 4.22. The molecule has 31 heavy (non-hydrogen) atoms. The van der Waals surface area contributed by atoms with Crippen LogP contribution >= 0.6 is 0 Å². The van der Waals surface area contributed by atoms with Crippen molar-refractivity contribution in [1.82, 2.24) is 25.3 Å². The van der Waals surface area contributed by atoms with Gasteiger partial charge in [-0.3, -0.25) is 9.89 Å². The molecule has 168 valence electrons. The van der Waals surface area contributed by atoms with Crippen LogP contribution in [0, 0.1) is 11.2 Å². The van der Waals surface area contributed by atoms with E-state index in [2.05, 4.69) is 27.5 Å². The molecule has 1 saturated carbocycles. The van der Waals surface area contributed by atoms with Gasteiger partial charge in [0.1, 0.15) is 5.82 Å². The molecule has 6 nitrogen and oxygen atoms in total. The van der Waals surface area contributed by atoms with Crippen LogP contribution in [0.3, 0.4) is 0 Å². The smallest absolute Gasteiger partial charge is 0.229 e. The number of hydrogen-bond acceptors (Lipinski definition) is 4. The molecule has 1 aromatic carbocycles. The number of carbonyl (C=O) groups excluding carboxylic acids is 1. The molecule has 4 rings (SSSR count). The van der Waals surface area contributed by atoms with E-state index in [9.17, 15) is 9.18 Å². The highest BCUT2D eigenvalue weighted by Gasteiger charge is 2.48. The Kier molecular flexibility index (Phi) is 6.72. The van der Waals surface area contributed by atoms with Gasteiger partial charge in [-0.2, -0.15) is 5.10 Å². The van der Waals surface area contributed by atoms with Crippen molar-refractivity contribution >= 4 is 5.91 Å². The summed E-state index contributed by atoms with van der Waals surface area (Å²) >= 11 is 0. The van der Waals surface area contributed by atoms with Crippen LogP contribution in [0.5, 0.6) is 0 Å². The van der Waals surface area contributed by atoms with Crippen molar-refractivity contribution in [3.05, 3.63) is 53.1 Å². The number of nitrogens with one attached hydrogen (secondary N) is 2. The lowest BCUT2D eigenvalue weighted by Crippen LogP contribution is -2.37. The Morgan fingerprint density at radius 2 is 2.00 bits per heavy atom. The monoisotopic (exact) mass is 427 g/mol. The fourth-order valence-electron chi connectivity index (χ4n) is 5.24. The SMILES string of the molecule is CNCCN(C)Cc1c[nH]nc1[C@H]1CC[C@]2(CCN(Cc3ccc(F)cc3)C2=O)CC1. The number of likely N-dealkylation sites (tertiary alicyclic amines) is 1. The van der Waals surface area contributed by atoms with E-state index in [1.165, 1.54) is 23.4 Å². The lowest BCUT2D eigenvalue weighted by atomic mass is 9.68. The summed E-state index contributed by atoms with van der Waals surface area (Å²) < 4.78 is 13.2. The Bertz CT molecular complexity index is 872. The van der Waals surface area contributed by atoms with E-state index in [0.717, 1.165) is 63.8 Å². The van der Waals surface area contributed by atoms with Gasteiger partial charge in [0.15, 0.2) is 0 Å². The van der Waals surface area contributed by atoms with E-state index in [-0.39, 0.29) is 17.1 Å². The van der Waals surface area contributed by atoms with Crippen molar-refractivity contribution in [3.63, 3.8) is 0 Å². The first-order chi connectivity index (χ1) is 15.0. The highest BCUT2D eigenvalue weighted by molar-refractivity contribution is 5.85. The Labute approximate surface area is 184 Å². The molecule has 7 heteroatoms. The van der Waals surface area contributed by atoms with Crippen LogP contribution in [-0.4, -0.2) is 59.6 Å². The zero-order valence-corrected chi connectivity index (χ0v) is 18.7. The minimum atomic E-state index is -0.239. The van der Waals surface area contributed by atoms with Crippen LogP contribution < -0.4 is 5.32 Å². The van der Waals surface area contributed by atoms with E-state index in [1.807, 2.05) is 18.1 Å². The third kappa shape index (κ3) is 4.83. The summed E-state index contributed by atoms with van der Waals surface area (Å²) in [5, 5.41) is 10.9. The number of halogens is 1. The maximum atomic E-state index is 13.3. The maximum Gasteiger partial charge on any atom is 0.229 e. The first kappa shape index (κ1) is 22.0. The summed E-state index contributed by atoms with van der Waals surface area (Å²) in [7, 11) is 4.11. The van der Waals surface area contributed by atoms with E-state index in [4.69, 9.17) is 0 Å². The van der Waals surface area contributed by atoms with E-state index in [0.29, 0.717) is 12.5 Å². The Morgan fingerprint density at radius 1 is 1.26 bits per heavy atom. The average molecular weight is 428 g/mol. The molecule has 1 aliphatic carbocycles. The van der Waals surface area contributed by atoms with Gasteiger partial charge in [0, 0.05) is 50.4 Å². The summed E-state index contributed by atoms with van der Waals surface area (Å²) in [4.78, 5) is 17.5. The van der Waals surface area contributed by atoms with Gasteiger partial charge >= 0.3 is 0 Å². The molecule has 0 radical (unpaired) electrons. The molecule has 2 aliphatic rings. The quantitative estimate of drug-likeness (QED) is 0.679. The highest BCUT2D eigenvalue weighted by atomic mass is 19.1. The fourth-order valence-corrected chi connectivity index (χ4v) is 5.24. The second-order valence-corrected chi connectivity index (χ2v) is 9.29. The lowest BCUT2D eigenvalue weighted by molar-refractivity contribution is -0.138. The first-order valence-electron chi connectivity index (χ1n) is 11.4. The van der Waals surface area contributed by atoms with Crippen molar-refractivity contribution < 1.29 is 9.18 Å². The van der Waals surface area contributed by atoms with E-state index < -0.39 is 0 Å². The van der Waals surface area contributed by atoms with Crippen molar-refractivity contribution in [2.45, 2.75) is 51.1 Å². The third-order valence-corrected chi connectivity index (χ3v) is 7.15. The van der Waals surface area contributed by atoms with Gasteiger partial charge in [-0.25, -0.2) is 4.39 Å². The summed E-state index contributed by atoms with van der Waals surface area (Å²) in [6.07, 6.45) is 6.83. The number of hydrogen-bond donors (Lipinski definition) is 2. The maximum absolute atomic E-state index is 13.3. The molecule has 1 spiro atoms. The predicted molar refractivity (Wildman–Crippen MR) is 119 cm³/mol. The number of nitrogens with zero attached hydrogens (tertiary/aromatic N) is 3. The van der Waals surface area contributed by atoms with Crippen molar-refractivity contribution in [2.75, 3.05) is 33.7 Å². The largest absolute Gasteiger partial charge is 0.338 e. The van der Waals surface area contributed by atoms with Crippen LogP contribution in [0.1, 0.15) is 54.8 Å². The van der Waals surface area contributed by atoms with Crippen molar-refractivity contribution in [1.29, 1.82) is 0 Å². The highest BCUT2D eigenvalue weighted by Crippen LogP contribution is 2.49. The average Bonchev–Trinajstić information content (AvgIpc) is 3.35. The third-order valence-electron chi connectivity index (χ3n) is 7.15. The standard InChI is InChI=1S/C24H34FN5O/c1-26-12-14-29(2)17-20-15-27-28-22(20)19-7-9-24(10-8-19)11-13-30(23(24)31)16-18-3-5-21(25)6-4-18/h3-6,15,19,26H,7-14,16-17H2,1-2H3,(H,27,28)/t19-,24+. The second kappa shape index (κ2) is 9.49. The normalized spacial score (nSPS) is 23.9. The van der Waals surface area contributed by atoms with Gasteiger partial charge in [0.25, 0.3) is 0 Å². The predicted octanol–water partition coefficient (Wildman–Crippen LogP) is 3.28. The van der Waals surface area contributed by atoms with Crippen molar-refractivity contribution in [2.24, 2.45) is 5.41 Å². The van der Waals surface area contributed by atoms with Gasteiger partial charge in [-0.05, 0) is 63.9 Å².